The first-order valence-corrected chi connectivity index (χ1v) is 11.6. The van der Waals surface area contributed by atoms with E-state index in [1.54, 1.807) is 0 Å². The monoisotopic (exact) mass is 447 g/mol. The Morgan fingerprint density at radius 1 is 0.969 bits per heavy atom. The zero-order valence-electron chi connectivity index (χ0n) is 18.5. The second-order valence-electron chi connectivity index (χ2n) is 8.37. The molecule has 1 fully saturated rings. The van der Waals surface area contributed by atoms with Crippen molar-refractivity contribution in [3.05, 3.63) is 101 Å². The van der Waals surface area contributed by atoms with Crippen LogP contribution in [0.2, 0.25) is 5.02 Å². The number of likely N-dealkylation sites (N-methyl/N-ethyl adjacent to an activating group) is 1. The fourth-order valence-electron chi connectivity index (χ4n) is 4.28. The van der Waals surface area contributed by atoms with Crippen LogP contribution in [0, 0.1) is 0 Å². The highest BCUT2D eigenvalue weighted by Crippen LogP contribution is 2.28. The maximum Gasteiger partial charge on any atom is 0.251 e. The standard InChI is InChI=1S/C27H30ClN3O/c1-30(26(20-31-17-7-8-18-31)21-9-3-2-4-10-21)24-15-13-22(14-16-24)27(32)29-19-23-11-5-6-12-25(23)28/h2-6,9-16,26H,7-8,17-20H2,1H3,(H,29,32)/t26-/m1/s1. The van der Waals surface area contributed by atoms with Gasteiger partial charge < -0.3 is 15.1 Å². The van der Waals surface area contributed by atoms with Gasteiger partial charge in [-0.15, -0.1) is 0 Å². The van der Waals surface area contributed by atoms with E-state index in [1.165, 1.54) is 31.5 Å². The Bertz CT molecular complexity index is 1020. The summed E-state index contributed by atoms with van der Waals surface area (Å²) in [4.78, 5) is 17.5. The summed E-state index contributed by atoms with van der Waals surface area (Å²) in [6.07, 6.45) is 2.56. The molecule has 32 heavy (non-hydrogen) atoms. The molecule has 0 unspecified atom stereocenters. The number of anilines is 1. The molecule has 3 aromatic carbocycles. The highest BCUT2D eigenvalue weighted by Gasteiger charge is 2.23. The van der Waals surface area contributed by atoms with E-state index in [4.69, 9.17) is 11.6 Å². The lowest BCUT2D eigenvalue weighted by molar-refractivity contribution is 0.0951. The number of benzene rings is 3. The maximum atomic E-state index is 12.6. The number of carbonyl (C=O) groups excluding carboxylic acids is 1. The molecule has 1 N–H and O–H groups in total. The van der Waals surface area contributed by atoms with Crippen LogP contribution in [0.15, 0.2) is 78.9 Å². The number of rotatable bonds is 8. The second-order valence-corrected chi connectivity index (χ2v) is 8.77. The quantitative estimate of drug-likeness (QED) is 0.492. The average Bonchev–Trinajstić information content (AvgIpc) is 3.35. The van der Waals surface area contributed by atoms with Gasteiger partial charge in [-0.1, -0.05) is 60.1 Å². The van der Waals surface area contributed by atoms with E-state index < -0.39 is 0 Å². The Morgan fingerprint density at radius 3 is 2.31 bits per heavy atom. The SMILES string of the molecule is CN(c1ccc(C(=O)NCc2ccccc2Cl)cc1)[C@H](CN1CCCC1)c1ccccc1. The normalized spacial score (nSPS) is 14.8. The summed E-state index contributed by atoms with van der Waals surface area (Å²) in [7, 11) is 2.14. The van der Waals surface area contributed by atoms with Gasteiger partial charge >= 0.3 is 0 Å². The molecule has 1 aliphatic heterocycles. The van der Waals surface area contributed by atoms with E-state index in [-0.39, 0.29) is 11.9 Å². The molecular formula is C27H30ClN3O. The number of carbonyl (C=O) groups is 1. The first-order chi connectivity index (χ1) is 15.6. The zero-order valence-corrected chi connectivity index (χ0v) is 19.3. The van der Waals surface area contributed by atoms with Crippen LogP contribution >= 0.6 is 11.6 Å². The molecule has 0 bridgehead atoms. The third kappa shape index (κ3) is 5.50. The molecule has 0 saturated carbocycles. The van der Waals surface area contributed by atoms with E-state index in [9.17, 15) is 4.79 Å². The number of hydrogen-bond acceptors (Lipinski definition) is 3. The number of amides is 1. The highest BCUT2D eigenvalue weighted by molar-refractivity contribution is 6.31. The lowest BCUT2D eigenvalue weighted by Crippen LogP contribution is -2.35. The van der Waals surface area contributed by atoms with Crippen molar-refractivity contribution in [3.8, 4) is 0 Å². The van der Waals surface area contributed by atoms with Crippen LogP contribution in [-0.4, -0.2) is 37.5 Å². The van der Waals surface area contributed by atoms with Gasteiger partial charge in [-0.25, -0.2) is 0 Å². The van der Waals surface area contributed by atoms with Crippen molar-refractivity contribution < 1.29 is 4.79 Å². The van der Waals surface area contributed by atoms with Crippen molar-refractivity contribution in [1.29, 1.82) is 0 Å². The molecule has 1 atom stereocenters. The largest absolute Gasteiger partial charge is 0.366 e. The maximum absolute atomic E-state index is 12.6. The van der Waals surface area contributed by atoms with Crippen molar-refractivity contribution in [2.75, 3.05) is 31.6 Å². The van der Waals surface area contributed by atoms with Crippen molar-refractivity contribution in [3.63, 3.8) is 0 Å². The van der Waals surface area contributed by atoms with Crippen LogP contribution in [0.4, 0.5) is 5.69 Å². The highest BCUT2D eigenvalue weighted by atomic mass is 35.5. The van der Waals surface area contributed by atoms with E-state index in [1.807, 2.05) is 48.5 Å². The van der Waals surface area contributed by atoms with Crippen LogP contribution in [-0.2, 0) is 6.54 Å². The van der Waals surface area contributed by atoms with Gasteiger partial charge in [0.1, 0.15) is 0 Å². The van der Waals surface area contributed by atoms with Gasteiger partial charge in [-0.05, 0) is 67.4 Å². The average molecular weight is 448 g/mol. The molecule has 0 spiro atoms. The molecule has 0 aromatic heterocycles. The molecule has 0 aliphatic carbocycles. The Morgan fingerprint density at radius 2 is 1.62 bits per heavy atom. The lowest BCUT2D eigenvalue weighted by atomic mass is 10.0. The summed E-state index contributed by atoms with van der Waals surface area (Å²) < 4.78 is 0. The minimum Gasteiger partial charge on any atom is -0.366 e. The van der Waals surface area contributed by atoms with Crippen molar-refractivity contribution in [2.45, 2.75) is 25.4 Å². The molecule has 3 aromatic rings. The number of halogens is 1. The summed E-state index contributed by atoms with van der Waals surface area (Å²) in [6.45, 7) is 3.75. The van der Waals surface area contributed by atoms with Crippen LogP contribution in [0.5, 0.6) is 0 Å². The molecule has 1 saturated heterocycles. The number of nitrogens with zero attached hydrogens (tertiary/aromatic N) is 2. The lowest BCUT2D eigenvalue weighted by Gasteiger charge is -2.33. The molecule has 0 radical (unpaired) electrons. The minimum absolute atomic E-state index is 0.101. The molecule has 1 heterocycles. The van der Waals surface area contributed by atoms with E-state index in [0.29, 0.717) is 17.1 Å². The molecule has 166 valence electrons. The Balaban J connectivity index is 1.45. The van der Waals surface area contributed by atoms with Gasteiger partial charge in [-0.2, -0.15) is 0 Å². The van der Waals surface area contributed by atoms with Gasteiger partial charge in [-0.3, -0.25) is 4.79 Å². The number of hydrogen-bond donors (Lipinski definition) is 1. The topological polar surface area (TPSA) is 35.6 Å². The Kier molecular flexibility index (Phi) is 7.46. The van der Waals surface area contributed by atoms with Crippen LogP contribution in [0.3, 0.4) is 0 Å². The molecule has 5 heteroatoms. The molecular weight excluding hydrogens is 418 g/mol. The van der Waals surface area contributed by atoms with Gasteiger partial charge in [0, 0.05) is 36.4 Å². The first-order valence-electron chi connectivity index (χ1n) is 11.2. The predicted octanol–water partition coefficient (Wildman–Crippen LogP) is 5.54. The third-order valence-electron chi connectivity index (χ3n) is 6.22. The summed E-state index contributed by atoms with van der Waals surface area (Å²) in [5.74, 6) is -0.101. The number of likely N-dealkylation sites (tertiary alicyclic amines) is 1. The van der Waals surface area contributed by atoms with Crippen molar-refractivity contribution >= 4 is 23.2 Å². The zero-order chi connectivity index (χ0) is 22.3. The molecule has 1 amide bonds. The summed E-state index contributed by atoms with van der Waals surface area (Å²) in [5, 5.41) is 3.62. The van der Waals surface area contributed by atoms with E-state index in [0.717, 1.165) is 17.8 Å². The van der Waals surface area contributed by atoms with Gasteiger partial charge in [0.15, 0.2) is 0 Å². The van der Waals surface area contributed by atoms with Gasteiger partial charge in [0.05, 0.1) is 6.04 Å². The molecule has 4 rings (SSSR count). The summed E-state index contributed by atoms with van der Waals surface area (Å²) in [6, 6.07) is 26.3. The van der Waals surface area contributed by atoms with Crippen molar-refractivity contribution in [2.24, 2.45) is 0 Å². The fraction of sp³-hybridized carbons (Fsp3) is 0.296. The third-order valence-corrected chi connectivity index (χ3v) is 6.58. The second kappa shape index (κ2) is 10.7. The van der Waals surface area contributed by atoms with Crippen LogP contribution in [0.25, 0.3) is 0 Å². The predicted molar refractivity (Wildman–Crippen MR) is 132 cm³/mol. The van der Waals surface area contributed by atoms with Crippen LogP contribution < -0.4 is 10.2 Å². The summed E-state index contributed by atoms with van der Waals surface area (Å²) >= 11 is 6.19. The fourth-order valence-corrected chi connectivity index (χ4v) is 4.49. The minimum atomic E-state index is -0.101. The smallest absolute Gasteiger partial charge is 0.251 e. The Labute approximate surface area is 195 Å². The summed E-state index contributed by atoms with van der Waals surface area (Å²) in [5.41, 5.74) is 3.96. The first kappa shape index (κ1) is 22.4. The van der Waals surface area contributed by atoms with Crippen LogP contribution in [0.1, 0.15) is 40.4 Å². The molecule has 4 nitrogen and oxygen atoms in total. The molecule has 1 aliphatic rings. The Hall–Kier alpha value is -2.82. The van der Waals surface area contributed by atoms with E-state index in [2.05, 4.69) is 52.5 Å². The van der Waals surface area contributed by atoms with Gasteiger partial charge in [0.2, 0.25) is 0 Å². The van der Waals surface area contributed by atoms with Crippen molar-refractivity contribution in [1.82, 2.24) is 10.2 Å². The van der Waals surface area contributed by atoms with E-state index >= 15 is 0 Å². The number of nitrogens with one attached hydrogen (secondary N) is 1. The van der Waals surface area contributed by atoms with Gasteiger partial charge in [0.25, 0.3) is 5.91 Å².